The summed E-state index contributed by atoms with van der Waals surface area (Å²) in [5, 5.41) is 8.56. The Hall–Kier alpha value is -2.23. The van der Waals surface area contributed by atoms with Crippen LogP contribution in [0.2, 0.25) is 0 Å². The van der Waals surface area contributed by atoms with Crippen LogP contribution < -0.4 is 5.73 Å². The van der Waals surface area contributed by atoms with Crippen LogP contribution in [0.15, 0.2) is 6.07 Å². The number of rotatable bonds is 2. The number of pyridine rings is 1. The van der Waals surface area contributed by atoms with Crippen LogP contribution in [-0.2, 0) is 4.74 Å². The third-order valence-electron chi connectivity index (χ3n) is 1.80. The molecule has 16 heavy (non-hydrogen) atoms. The molecule has 0 spiro atoms. The van der Waals surface area contributed by atoms with Crippen LogP contribution >= 0.6 is 0 Å². The molecular weight excluding hydrogens is 220 g/mol. The number of esters is 1. The zero-order chi connectivity index (χ0) is 12.3. The van der Waals surface area contributed by atoms with Crippen molar-refractivity contribution in [2.45, 2.75) is 6.43 Å². The van der Waals surface area contributed by atoms with E-state index in [4.69, 9.17) is 11.0 Å². The summed E-state index contributed by atoms with van der Waals surface area (Å²) >= 11 is 0. The van der Waals surface area contributed by atoms with Gasteiger partial charge in [0.25, 0.3) is 6.43 Å². The standard InChI is InChI=1S/C9H7F2N3O2/c1-16-9(15)7-6(8(10)11)5(13)2-4(3-12)14-7/h2,8H,1H3,(H2,13,14). The van der Waals surface area contributed by atoms with Crippen LogP contribution in [0.1, 0.15) is 28.2 Å². The van der Waals surface area contributed by atoms with Gasteiger partial charge in [0.15, 0.2) is 5.69 Å². The maximum atomic E-state index is 12.6. The molecular formula is C9H7F2N3O2. The van der Waals surface area contributed by atoms with E-state index >= 15 is 0 Å². The van der Waals surface area contributed by atoms with Gasteiger partial charge in [-0.1, -0.05) is 0 Å². The summed E-state index contributed by atoms with van der Waals surface area (Å²) in [6, 6.07) is 2.59. The Labute approximate surface area is 89.4 Å². The van der Waals surface area contributed by atoms with E-state index in [9.17, 15) is 13.6 Å². The van der Waals surface area contributed by atoms with Crippen LogP contribution in [0.4, 0.5) is 14.5 Å². The highest BCUT2D eigenvalue weighted by Crippen LogP contribution is 2.28. The van der Waals surface area contributed by atoms with Crippen molar-refractivity contribution >= 4 is 11.7 Å². The Morgan fingerprint density at radius 2 is 2.31 bits per heavy atom. The van der Waals surface area contributed by atoms with Crippen LogP contribution in [0, 0.1) is 11.3 Å². The SMILES string of the molecule is COC(=O)c1nc(C#N)cc(N)c1C(F)F. The fourth-order valence-corrected chi connectivity index (χ4v) is 1.11. The number of nitrogens with two attached hydrogens (primary N) is 1. The van der Waals surface area contributed by atoms with Gasteiger partial charge < -0.3 is 10.5 Å². The highest BCUT2D eigenvalue weighted by atomic mass is 19.3. The number of nitriles is 1. The van der Waals surface area contributed by atoms with E-state index in [1.165, 1.54) is 0 Å². The fraction of sp³-hybridized carbons (Fsp3) is 0.222. The highest BCUT2D eigenvalue weighted by Gasteiger charge is 2.24. The number of hydrogen-bond acceptors (Lipinski definition) is 5. The fourth-order valence-electron chi connectivity index (χ4n) is 1.11. The van der Waals surface area contributed by atoms with Crippen molar-refractivity contribution in [2.24, 2.45) is 0 Å². The van der Waals surface area contributed by atoms with E-state index < -0.39 is 23.7 Å². The molecule has 0 atom stereocenters. The lowest BCUT2D eigenvalue weighted by molar-refractivity contribution is 0.0582. The number of anilines is 1. The molecule has 0 fully saturated rings. The average Bonchev–Trinajstić information content (AvgIpc) is 2.26. The molecule has 0 aliphatic carbocycles. The van der Waals surface area contributed by atoms with Crippen LogP contribution in [0.25, 0.3) is 0 Å². The summed E-state index contributed by atoms with van der Waals surface area (Å²) in [7, 11) is 1.02. The van der Waals surface area contributed by atoms with Gasteiger partial charge in [-0.25, -0.2) is 18.6 Å². The van der Waals surface area contributed by atoms with Crippen molar-refractivity contribution < 1.29 is 18.3 Å². The minimum absolute atomic E-state index is 0.220. The number of methoxy groups -OCH3 is 1. The second kappa shape index (κ2) is 4.53. The molecule has 0 radical (unpaired) electrons. The van der Waals surface area contributed by atoms with Gasteiger partial charge in [0.2, 0.25) is 0 Å². The second-order valence-electron chi connectivity index (χ2n) is 2.76. The molecule has 0 saturated carbocycles. The number of ether oxygens (including phenoxy) is 1. The monoisotopic (exact) mass is 227 g/mol. The Balaban J connectivity index is 3.48. The first-order chi connectivity index (χ1) is 7.51. The number of aromatic nitrogens is 1. The van der Waals surface area contributed by atoms with E-state index in [2.05, 4.69) is 9.72 Å². The van der Waals surface area contributed by atoms with Crippen LogP contribution in [-0.4, -0.2) is 18.1 Å². The number of carbonyl (C=O) groups is 1. The smallest absolute Gasteiger partial charge is 0.357 e. The minimum atomic E-state index is -2.96. The Morgan fingerprint density at radius 1 is 1.69 bits per heavy atom. The molecule has 1 aromatic heterocycles. The summed E-state index contributed by atoms with van der Waals surface area (Å²) < 4.78 is 29.5. The molecule has 0 bridgehead atoms. The van der Waals surface area contributed by atoms with E-state index in [-0.39, 0.29) is 11.4 Å². The Bertz CT molecular complexity index is 469. The third-order valence-corrected chi connectivity index (χ3v) is 1.80. The van der Waals surface area contributed by atoms with Gasteiger partial charge in [-0.05, 0) is 6.07 Å². The summed E-state index contributed by atoms with van der Waals surface area (Å²) in [5.74, 6) is -1.06. The molecule has 1 heterocycles. The van der Waals surface area contributed by atoms with Gasteiger partial charge in [-0.15, -0.1) is 0 Å². The van der Waals surface area contributed by atoms with E-state index in [0.29, 0.717) is 0 Å². The number of alkyl halides is 2. The van der Waals surface area contributed by atoms with Crippen molar-refractivity contribution in [3.63, 3.8) is 0 Å². The average molecular weight is 227 g/mol. The molecule has 0 aliphatic heterocycles. The number of halogens is 2. The van der Waals surface area contributed by atoms with E-state index in [1.807, 2.05) is 0 Å². The molecule has 0 aromatic carbocycles. The van der Waals surface area contributed by atoms with E-state index in [1.54, 1.807) is 6.07 Å². The lowest BCUT2D eigenvalue weighted by Crippen LogP contribution is -2.12. The lowest BCUT2D eigenvalue weighted by atomic mass is 10.1. The van der Waals surface area contributed by atoms with Gasteiger partial charge in [0.05, 0.1) is 12.7 Å². The van der Waals surface area contributed by atoms with Crippen molar-refractivity contribution in [2.75, 3.05) is 12.8 Å². The van der Waals surface area contributed by atoms with Crippen molar-refractivity contribution in [3.8, 4) is 6.07 Å². The predicted octanol–water partition coefficient (Wildman–Crippen LogP) is 1.26. The van der Waals surface area contributed by atoms with Crippen LogP contribution in [0.3, 0.4) is 0 Å². The largest absolute Gasteiger partial charge is 0.464 e. The number of carbonyl (C=O) groups excluding carboxylic acids is 1. The summed E-state index contributed by atoms with van der Waals surface area (Å²) in [5.41, 5.74) is 3.39. The number of hydrogen-bond donors (Lipinski definition) is 1. The summed E-state index contributed by atoms with van der Waals surface area (Å²) in [6.07, 6.45) is -2.96. The highest BCUT2D eigenvalue weighted by molar-refractivity contribution is 5.90. The predicted molar refractivity (Wildman–Crippen MR) is 49.7 cm³/mol. The lowest BCUT2D eigenvalue weighted by Gasteiger charge is -2.09. The molecule has 84 valence electrons. The zero-order valence-corrected chi connectivity index (χ0v) is 8.20. The van der Waals surface area contributed by atoms with E-state index in [0.717, 1.165) is 13.2 Å². The minimum Gasteiger partial charge on any atom is -0.464 e. The first kappa shape index (κ1) is 11.8. The Kier molecular flexibility index (Phi) is 3.35. The van der Waals surface area contributed by atoms with Gasteiger partial charge in [0, 0.05) is 5.69 Å². The molecule has 7 heteroatoms. The number of nitrogen functional groups attached to an aromatic ring is 1. The maximum Gasteiger partial charge on any atom is 0.357 e. The van der Waals surface area contributed by atoms with Gasteiger partial charge in [0.1, 0.15) is 11.8 Å². The van der Waals surface area contributed by atoms with Gasteiger partial charge >= 0.3 is 5.97 Å². The first-order valence-electron chi connectivity index (χ1n) is 4.08. The van der Waals surface area contributed by atoms with Crippen molar-refractivity contribution in [1.82, 2.24) is 4.98 Å². The van der Waals surface area contributed by atoms with Crippen LogP contribution in [0.5, 0.6) is 0 Å². The quantitative estimate of drug-likeness (QED) is 0.768. The molecule has 1 rings (SSSR count). The number of nitrogens with zero attached hydrogens (tertiary/aromatic N) is 2. The molecule has 0 aliphatic rings. The zero-order valence-electron chi connectivity index (χ0n) is 8.20. The normalized spacial score (nSPS) is 9.94. The van der Waals surface area contributed by atoms with Gasteiger partial charge in [-0.3, -0.25) is 0 Å². The molecule has 5 nitrogen and oxygen atoms in total. The van der Waals surface area contributed by atoms with Crippen molar-refractivity contribution in [3.05, 3.63) is 23.0 Å². The summed E-state index contributed by atoms with van der Waals surface area (Å²) in [4.78, 5) is 14.6. The second-order valence-corrected chi connectivity index (χ2v) is 2.76. The molecule has 0 unspecified atom stereocenters. The Morgan fingerprint density at radius 3 is 2.75 bits per heavy atom. The third kappa shape index (κ3) is 2.06. The first-order valence-corrected chi connectivity index (χ1v) is 4.08. The maximum absolute atomic E-state index is 12.6. The molecule has 2 N–H and O–H groups in total. The topological polar surface area (TPSA) is 89.0 Å². The molecule has 0 amide bonds. The van der Waals surface area contributed by atoms with Gasteiger partial charge in [-0.2, -0.15) is 5.26 Å². The molecule has 0 saturated heterocycles. The molecule has 1 aromatic rings. The summed E-state index contributed by atoms with van der Waals surface area (Å²) in [6.45, 7) is 0. The van der Waals surface area contributed by atoms with Crippen molar-refractivity contribution in [1.29, 1.82) is 5.26 Å².